The first-order valence-electron chi connectivity index (χ1n) is 22.4. The Kier molecular flexibility index (Phi) is 17.5. The normalized spacial score (nSPS) is 21.9. The number of fused-ring (bicyclic) bond motifs is 3. The van der Waals surface area contributed by atoms with Crippen LogP contribution in [0.1, 0.15) is 92.0 Å². The van der Waals surface area contributed by atoms with E-state index >= 15 is 0 Å². The maximum atomic E-state index is 13.6. The number of aliphatic hydroxyl groups is 3. The lowest BCUT2D eigenvalue weighted by Gasteiger charge is -2.42. The van der Waals surface area contributed by atoms with Crippen molar-refractivity contribution in [3.8, 4) is 23.0 Å². The van der Waals surface area contributed by atoms with Gasteiger partial charge in [0.05, 0.1) is 42.1 Å². The summed E-state index contributed by atoms with van der Waals surface area (Å²) in [7, 11) is 5.42. The predicted octanol–water partition coefficient (Wildman–Crippen LogP) is 6.64. The summed E-state index contributed by atoms with van der Waals surface area (Å²) in [5, 5.41) is 53.7. The summed E-state index contributed by atoms with van der Waals surface area (Å²) in [6.45, 7) is 2.13. The number of nitrogens with two attached hydrogens (primary N) is 1. The second-order valence-electron chi connectivity index (χ2n) is 17.4. The lowest BCUT2D eigenvalue weighted by molar-refractivity contribution is -0.247. The van der Waals surface area contributed by atoms with Crippen LogP contribution in [0.5, 0.6) is 23.0 Å². The number of likely N-dealkylation sites (N-methyl/N-ethyl adjacent to an activating group) is 1. The van der Waals surface area contributed by atoms with E-state index in [2.05, 4.69) is 77.7 Å². The average molecular weight is 986 g/mol. The maximum absolute atomic E-state index is 13.6. The highest BCUT2D eigenvalue weighted by Gasteiger charge is 2.50. The monoisotopic (exact) mass is 984 g/mol. The number of ether oxygens (including phenoxy) is 4. The van der Waals surface area contributed by atoms with Crippen LogP contribution < -0.4 is 15.2 Å². The van der Waals surface area contributed by atoms with Crippen LogP contribution in [0.4, 0.5) is 0 Å². The second kappa shape index (κ2) is 22.8. The lowest BCUT2D eigenvalue weighted by atomic mass is 9.72. The zero-order valence-corrected chi connectivity index (χ0v) is 40.3. The first-order chi connectivity index (χ1) is 32.6. The van der Waals surface area contributed by atoms with Crippen LogP contribution in [0.2, 0.25) is 0 Å². The van der Waals surface area contributed by atoms with Gasteiger partial charge >= 0.3 is 0 Å². The highest BCUT2D eigenvalue weighted by atomic mass is 35.5. The van der Waals surface area contributed by atoms with E-state index in [9.17, 15) is 39.9 Å². The van der Waals surface area contributed by atoms with E-state index in [1.165, 1.54) is 53.1 Å². The average Bonchev–Trinajstić information content (AvgIpc) is 3.33. The SMILES string of the molecule is CN(C)CCOc1ccc(/C(=C(/CCCl)c2ccccc2)c2ccccc2)cc1.COc1cccc2c1C(=O)c1c(O)c3c(c(O)c1C2=O)C[C@@](O)(C(=O)CO)C[C@@H]3O[C@H]1C[C@H](N)[C@H](O)[C@H](C)O1.Cl. The number of phenols is 2. The number of rotatable bonds is 14. The number of alkyl halides is 1. The minimum absolute atomic E-state index is 0. The van der Waals surface area contributed by atoms with E-state index in [1.54, 1.807) is 6.92 Å². The van der Waals surface area contributed by atoms with Crippen molar-refractivity contribution in [1.82, 2.24) is 4.90 Å². The molecule has 0 bridgehead atoms. The largest absolute Gasteiger partial charge is 0.507 e. The number of carbonyl (C=O) groups excluding carboxylic acids is 3. The highest BCUT2D eigenvalue weighted by molar-refractivity contribution is 6.31. The molecule has 0 amide bonds. The summed E-state index contributed by atoms with van der Waals surface area (Å²) in [4.78, 5) is 41.9. The van der Waals surface area contributed by atoms with Gasteiger partial charge in [-0.15, -0.1) is 24.0 Å². The van der Waals surface area contributed by atoms with Crippen molar-refractivity contribution < 1.29 is 58.9 Å². The fourth-order valence-corrected chi connectivity index (χ4v) is 9.27. The molecule has 14 nitrogen and oxygen atoms in total. The minimum Gasteiger partial charge on any atom is -0.507 e. The van der Waals surface area contributed by atoms with Crippen LogP contribution in [-0.4, -0.2) is 125 Å². The number of allylic oxidation sites excluding steroid dienone is 1. The second-order valence-corrected chi connectivity index (χ2v) is 17.7. The summed E-state index contributed by atoms with van der Waals surface area (Å²) >= 11 is 6.21. The van der Waals surface area contributed by atoms with E-state index in [0.717, 1.165) is 18.7 Å². The van der Waals surface area contributed by atoms with Crippen molar-refractivity contribution in [2.45, 2.75) is 68.9 Å². The zero-order valence-electron chi connectivity index (χ0n) is 38.8. The number of halogens is 2. The molecular weight excluding hydrogens is 927 g/mol. The zero-order chi connectivity index (χ0) is 48.9. The van der Waals surface area contributed by atoms with Crippen LogP contribution in [0, 0.1) is 0 Å². The molecule has 3 aliphatic rings. The molecule has 1 fully saturated rings. The summed E-state index contributed by atoms with van der Waals surface area (Å²) in [6, 6.07) is 33.1. The quantitative estimate of drug-likeness (QED) is 0.0383. The van der Waals surface area contributed by atoms with E-state index in [1.807, 2.05) is 26.2 Å². The molecule has 6 atom stereocenters. The fraction of sp³-hybridized carbons (Fsp3) is 0.340. The molecule has 69 heavy (non-hydrogen) atoms. The Hall–Kier alpha value is -5.65. The topological polar surface area (TPSA) is 219 Å². The Morgan fingerprint density at radius 2 is 1.49 bits per heavy atom. The number of nitrogens with zero attached hydrogens (tertiary/aromatic N) is 1. The standard InChI is InChI=1S/C27H29NO11.C26H28ClNO.ClH/c1-10-22(31)13(28)6-17(38-10)39-15-8-27(36,16(30)9-29)7-12-19(15)26(35)21-20(24(12)33)23(32)11-4-3-5-14(37-2)18(11)25(21)34;1-28(2)19-20-29-24-15-13-23(14-16-24)26(22-11-7-4-8-12-22)25(17-18-27)21-9-5-3-6-10-21;/h3-5,10,13,15,17,22,29,31,33,35-36H,6-9,28H2,1-2H3;3-16H,17-20H2,1-2H3;1H/b;26-25-;/t10-,13-,15-,17-,22+,27-;;/m0../s1. The van der Waals surface area contributed by atoms with Gasteiger partial charge in [-0.2, -0.15) is 0 Å². The number of aliphatic hydroxyl groups excluding tert-OH is 2. The smallest absolute Gasteiger partial charge is 0.202 e. The Morgan fingerprint density at radius 3 is 2.09 bits per heavy atom. The number of phenolic OH excluding ortho intramolecular Hbond substituents is 2. The molecule has 0 saturated carbocycles. The number of Topliss-reactive ketones (excluding diaryl/α,β-unsaturated/α-hetero) is 1. The van der Waals surface area contributed by atoms with Gasteiger partial charge in [0.25, 0.3) is 0 Å². The molecule has 2 aliphatic carbocycles. The van der Waals surface area contributed by atoms with Crippen LogP contribution >= 0.6 is 24.0 Å². The van der Waals surface area contributed by atoms with Crippen LogP contribution in [0.15, 0.2) is 103 Å². The summed E-state index contributed by atoms with van der Waals surface area (Å²) in [5.74, 6) is -2.31. The van der Waals surface area contributed by atoms with Crippen molar-refractivity contribution in [2.24, 2.45) is 5.73 Å². The molecule has 366 valence electrons. The molecule has 7 N–H and O–H groups in total. The predicted molar refractivity (Wildman–Crippen MR) is 264 cm³/mol. The molecule has 16 heteroatoms. The maximum Gasteiger partial charge on any atom is 0.202 e. The number of carbonyl (C=O) groups is 3. The van der Waals surface area contributed by atoms with E-state index in [4.69, 9.17) is 36.3 Å². The van der Waals surface area contributed by atoms with Crippen molar-refractivity contribution in [1.29, 1.82) is 0 Å². The van der Waals surface area contributed by atoms with E-state index in [0.29, 0.717) is 12.5 Å². The number of hydrogen-bond donors (Lipinski definition) is 6. The van der Waals surface area contributed by atoms with Gasteiger partial charge in [0.1, 0.15) is 41.8 Å². The van der Waals surface area contributed by atoms with Crippen LogP contribution in [0.25, 0.3) is 11.1 Å². The van der Waals surface area contributed by atoms with Crippen LogP contribution in [-0.2, 0) is 20.7 Å². The number of benzene rings is 5. The van der Waals surface area contributed by atoms with Gasteiger partial charge in [-0.3, -0.25) is 14.4 Å². The molecule has 0 radical (unpaired) electrons. The van der Waals surface area contributed by atoms with E-state index in [-0.39, 0.29) is 46.8 Å². The molecule has 0 unspecified atom stereocenters. The Labute approximate surface area is 412 Å². The van der Waals surface area contributed by atoms with Crippen molar-refractivity contribution >= 4 is 52.5 Å². The molecule has 1 saturated heterocycles. The molecule has 1 heterocycles. The van der Waals surface area contributed by atoms with Crippen molar-refractivity contribution in [3.63, 3.8) is 0 Å². The van der Waals surface area contributed by atoms with Gasteiger partial charge < -0.3 is 55.1 Å². The molecule has 0 spiro atoms. The van der Waals surface area contributed by atoms with E-state index < -0.39 is 95.7 Å². The van der Waals surface area contributed by atoms with Gasteiger partial charge in [-0.1, -0.05) is 84.9 Å². The molecule has 5 aromatic rings. The summed E-state index contributed by atoms with van der Waals surface area (Å²) < 4.78 is 22.9. The number of hydrogen-bond acceptors (Lipinski definition) is 14. The first kappa shape index (κ1) is 52.7. The fourth-order valence-electron chi connectivity index (χ4n) is 9.08. The third-order valence-corrected chi connectivity index (χ3v) is 12.8. The number of aromatic hydroxyl groups is 2. The van der Waals surface area contributed by atoms with Gasteiger partial charge in [0.15, 0.2) is 17.9 Å². The van der Waals surface area contributed by atoms with Gasteiger partial charge in [-0.25, -0.2) is 0 Å². The van der Waals surface area contributed by atoms with Crippen molar-refractivity contribution in [3.05, 3.63) is 153 Å². The third-order valence-electron chi connectivity index (χ3n) is 12.6. The summed E-state index contributed by atoms with van der Waals surface area (Å²) in [5.41, 5.74) is 8.42. The van der Waals surface area contributed by atoms with Crippen LogP contribution in [0.3, 0.4) is 0 Å². The van der Waals surface area contributed by atoms with Gasteiger partial charge in [0.2, 0.25) is 5.78 Å². The Balaban J connectivity index is 0.000000233. The van der Waals surface area contributed by atoms with Crippen molar-refractivity contribution in [2.75, 3.05) is 46.8 Å². The Morgan fingerprint density at radius 1 is 0.870 bits per heavy atom. The molecule has 5 aromatic carbocycles. The van der Waals surface area contributed by atoms with Gasteiger partial charge in [0, 0.05) is 54.4 Å². The van der Waals surface area contributed by atoms with Gasteiger partial charge in [-0.05, 0) is 73.5 Å². The number of methoxy groups -OCH3 is 1. The number of ketones is 3. The molecule has 8 rings (SSSR count). The molecule has 0 aromatic heterocycles. The lowest BCUT2D eigenvalue weighted by Crippen LogP contribution is -2.53. The first-order valence-corrected chi connectivity index (χ1v) is 22.9. The molecular formula is C53H58Cl2N2O12. The third kappa shape index (κ3) is 11.1. The molecule has 1 aliphatic heterocycles. The minimum atomic E-state index is -2.24. The highest BCUT2D eigenvalue weighted by Crippen LogP contribution is 2.52. The summed E-state index contributed by atoms with van der Waals surface area (Å²) in [6.07, 6.45) is -4.32. The Bertz CT molecular complexity index is 2650.